The summed E-state index contributed by atoms with van der Waals surface area (Å²) in [4.78, 5) is 0. The number of hydrogen-bond acceptors (Lipinski definition) is 1. The Hall–Kier alpha value is 0.820. The first kappa shape index (κ1) is 6.93. The van der Waals surface area contributed by atoms with Crippen LogP contribution in [0.3, 0.4) is 0 Å². The topological polar surface area (TPSA) is 9.23 Å². The van der Waals surface area contributed by atoms with Crippen molar-refractivity contribution < 1.29 is 4.74 Å². The van der Waals surface area contributed by atoms with Crippen molar-refractivity contribution in [3.8, 4) is 0 Å². The highest BCUT2D eigenvalue weighted by Crippen LogP contribution is 2.30. The van der Waals surface area contributed by atoms with Gasteiger partial charge in [0.2, 0.25) is 0 Å². The first-order valence-electron chi connectivity index (χ1n) is 2.84. The Kier molecular flexibility index (Phi) is 2.26. The highest BCUT2D eigenvalue weighted by molar-refractivity contribution is 7.23. The Bertz CT molecular complexity index is 76.5. The zero-order chi connectivity index (χ0) is 6.15. The van der Waals surface area contributed by atoms with E-state index in [4.69, 9.17) is 4.74 Å². The van der Waals surface area contributed by atoms with E-state index in [0.29, 0.717) is 17.4 Å². The summed E-state index contributed by atoms with van der Waals surface area (Å²) in [5.74, 6) is 1.08. The molecule has 0 aromatic rings. The number of ether oxygens (including phenoxy) is 1. The van der Waals surface area contributed by atoms with Crippen molar-refractivity contribution in [3.05, 3.63) is 0 Å². The van der Waals surface area contributed by atoms with Crippen molar-refractivity contribution in [2.24, 2.45) is 5.92 Å². The molecule has 0 saturated carbocycles. The van der Waals surface area contributed by atoms with Crippen LogP contribution < -0.4 is 0 Å². The van der Waals surface area contributed by atoms with Crippen molar-refractivity contribution in [1.29, 1.82) is 0 Å². The molecule has 3 heteroatoms. The molecule has 5 atom stereocenters. The Morgan fingerprint density at radius 2 is 2.12 bits per heavy atom. The maximum atomic E-state index is 5.32. The van der Waals surface area contributed by atoms with E-state index in [2.05, 4.69) is 25.4 Å². The molecule has 1 saturated heterocycles. The van der Waals surface area contributed by atoms with Crippen LogP contribution in [0.2, 0.25) is 0 Å². The Morgan fingerprint density at radius 1 is 1.50 bits per heavy atom. The quantitative estimate of drug-likeness (QED) is 0.470. The first-order chi connectivity index (χ1) is 3.72. The predicted molar refractivity (Wildman–Crippen MR) is 42.1 cm³/mol. The molecule has 0 aromatic carbocycles. The van der Waals surface area contributed by atoms with Crippen molar-refractivity contribution in [3.63, 3.8) is 0 Å². The van der Waals surface area contributed by atoms with Crippen LogP contribution in [-0.4, -0.2) is 18.1 Å². The van der Waals surface area contributed by atoms with Crippen LogP contribution in [0.25, 0.3) is 0 Å². The molecule has 3 unspecified atom stereocenters. The minimum absolute atomic E-state index is 0.370. The van der Waals surface area contributed by atoms with Gasteiger partial charge >= 0.3 is 0 Å². The molecule has 0 amide bonds. The zero-order valence-corrected chi connectivity index (χ0v) is 7.31. The molecule has 1 aliphatic heterocycles. The smallest absolute Gasteiger partial charge is 0.0774 e. The van der Waals surface area contributed by atoms with Gasteiger partial charge in [0.05, 0.1) is 12.5 Å². The maximum Gasteiger partial charge on any atom is 0.0774 e. The van der Waals surface area contributed by atoms with Crippen LogP contribution in [0, 0.1) is 5.92 Å². The van der Waals surface area contributed by atoms with Gasteiger partial charge in [0.25, 0.3) is 0 Å². The fourth-order valence-corrected chi connectivity index (χ4v) is 1.52. The van der Waals surface area contributed by atoms with Crippen LogP contribution in [0.5, 0.6) is 0 Å². The van der Waals surface area contributed by atoms with E-state index in [0.717, 1.165) is 6.61 Å². The normalized spacial score (nSPS) is 47.6. The lowest BCUT2D eigenvalue weighted by Crippen LogP contribution is -2.11. The molecular formula is C5H12OP2. The average molecular weight is 150 g/mol. The van der Waals surface area contributed by atoms with Crippen LogP contribution in [-0.2, 0) is 4.74 Å². The lowest BCUT2D eigenvalue weighted by atomic mass is 10.1. The van der Waals surface area contributed by atoms with E-state index in [-0.39, 0.29) is 0 Å². The Morgan fingerprint density at radius 3 is 2.25 bits per heavy atom. The molecule has 0 N–H and O–H groups in total. The van der Waals surface area contributed by atoms with E-state index in [1.54, 1.807) is 0 Å². The Labute approximate surface area is 55.0 Å². The van der Waals surface area contributed by atoms with Gasteiger partial charge in [-0.1, -0.05) is 6.92 Å². The molecule has 0 radical (unpaired) electrons. The van der Waals surface area contributed by atoms with Gasteiger partial charge in [0.15, 0.2) is 0 Å². The fourth-order valence-electron chi connectivity index (χ4n) is 0.809. The summed E-state index contributed by atoms with van der Waals surface area (Å²) in [5.41, 5.74) is 0.639. The van der Waals surface area contributed by atoms with E-state index in [1.165, 1.54) is 0 Å². The summed E-state index contributed by atoms with van der Waals surface area (Å²) >= 11 is 0. The minimum atomic E-state index is 0.370. The van der Waals surface area contributed by atoms with E-state index >= 15 is 0 Å². The molecular weight excluding hydrogens is 138 g/mol. The molecule has 1 aliphatic rings. The van der Waals surface area contributed by atoms with Crippen LogP contribution in [0.1, 0.15) is 6.92 Å². The lowest BCUT2D eigenvalue weighted by Gasteiger charge is -2.08. The Balaban J connectivity index is 2.44. The molecule has 1 nitrogen and oxygen atoms in total. The highest BCUT2D eigenvalue weighted by Gasteiger charge is 2.26. The highest BCUT2D eigenvalue weighted by atomic mass is 31.0. The van der Waals surface area contributed by atoms with Crippen molar-refractivity contribution in [1.82, 2.24) is 0 Å². The fraction of sp³-hybridized carbons (Fsp3) is 1.00. The standard InChI is InChI=1S/C5H12OP2/c1-3-2-6-5(8)4(3)7/h3-5H,2,7-8H2,1H3/t3-,4-,5?/m1/s1. The van der Waals surface area contributed by atoms with Gasteiger partial charge in [-0.05, 0) is 5.92 Å². The van der Waals surface area contributed by atoms with Gasteiger partial charge in [-0.15, -0.1) is 18.5 Å². The van der Waals surface area contributed by atoms with Crippen molar-refractivity contribution in [2.75, 3.05) is 6.61 Å². The van der Waals surface area contributed by atoms with Gasteiger partial charge in [-0.2, -0.15) is 0 Å². The molecule has 1 rings (SSSR count). The summed E-state index contributed by atoms with van der Waals surface area (Å²) in [5, 5.41) is 0. The van der Waals surface area contributed by atoms with E-state index < -0.39 is 0 Å². The molecule has 0 aromatic heterocycles. The number of rotatable bonds is 0. The van der Waals surface area contributed by atoms with Crippen molar-refractivity contribution in [2.45, 2.75) is 18.4 Å². The summed E-state index contributed by atoms with van der Waals surface area (Å²) in [6.45, 7) is 3.13. The third-order valence-electron chi connectivity index (χ3n) is 1.59. The number of hydrogen-bond donors (Lipinski definition) is 0. The van der Waals surface area contributed by atoms with Gasteiger partial charge < -0.3 is 4.74 Å². The molecule has 0 spiro atoms. The van der Waals surface area contributed by atoms with E-state index in [9.17, 15) is 0 Å². The zero-order valence-electron chi connectivity index (χ0n) is 5.00. The van der Waals surface area contributed by atoms with Crippen LogP contribution in [0.15, 0.2) is 0 Å². The molecule has 0 aliphatic carbocycles. The largest absolute Gasteiger partial charge is 0.373 e. The van der Waals surface area contributed by atoms with Crippen molar-refractivity contribution >= 4 is 18.5 Å². The summed E-state index contributed by atoms with van der Waals surface area (Å²) in [7, 11) is 5.50. The third kappa shape index (κ3) is 1.21. The second kappa shape index (κ2) is 2.60. The minimum Gasteiger partial charge on any atom is -0.373 e. The monoisotopic (exact) mass is 150 g/mol. The SMILES string of the molecule is C[C@@H]1COC(P)[C@@H]1P. The van der Waals surface area contributed by atoms with E-state index in [1.807, 2.05) is 0 Å². The summed E-state index contributed by atoms with van der Waals surface area (Å²) in [6.07, 6.45) is 0. The molecule has 1 fully saturated rings. The van der Waals surface area contributed by atoms with Gasteiger partial charge in [-0.3, -0.25) is 0 Å². The summed E-state index contributed by atoms with van der Waals surface area (Å²) < 4.78 is 5.32. The predicted octanol–water partition coefficient (Wildman–Crippen LogP) is 1.10. The molecule has 48 valence electrons. The van der Waals surface area contributed by atoms with Gasteiger partial charge in [0.1, 0.15) is 0 Å². The third-order valence-corrected chi connectivity index (χ3v) is 3.71. The lowest BCUT2D eigenvalue weighted by molar-refractivity contribution is 0.166. The second-order valence-electron chi connectivity index (χ2n) is 2.35. The van der Waals surface area contributed by atoms with Gasteiger partial charge in [-0.25, -0.2) is 0 Å². The van der Waals surface area contributed by atoms with Crippen LogP contribution in [0.4, 0.5) is 0 Å². The molecule has 1 heterocycles. The summed E-state index contributed by atoms with van der Waals surface area (Å²) in [6, 6.07) is 0. The first-order valence-corrected chi connectivity index (χ1v) is 4.18. The molecule has 0 bridgehead atoms. The second-order valence-corrected chi connectivity index (χ2v) is 3.78. The molecule has 8 heavy (non-hydrogen) atoms. The van der Waals surface area contributed by atoms with Gasteiger partial charge in [0, 0.05) is 5.66 Å². The van der Waals surface area contributed by atoms with Crippen LogP contribution >= 0.6 is 18.5 Å². The maximum absolute atomic E-state index is 5.32. The average Bonchev–Trinajstić information content (AvgIpc) is 1.98.